The van der Waals surface area contributed by atoms with Gasteiger partial charge in [-0.15, -0.1) is 0 Å². The van der Waals surface area contributed by atoms with Crippen molar-refractivity contribution in [1.29, 1.82) is 0 Å². The van der Waals surface area contributed by atoms with Crippen LogP contribution < -0.4 is 4.74 Å². The lowest BCUT2D eigenvalue weighted by Gasteiger charge is -2.47. The number of rotatable bonds is 3. The molecule has 0 bridgehead atoms. The first-order valence-corrected chi connectivity index (χ1v) is 8.48. The second-order valence-electron chi connectivity index (χ2n) is 7.38. The van der Waals surface area contributed by atoms with Crippen LogP contribution in [0.1, 0.15) is 70.4 Å². The van der Waals surface area contributed by atoms with E-state index in [-0.39, 0.29) is 5.60 Å². The van der Waals surface area contributed by atoms with Gasteiger partial charge >= 0.3 is 0 Å². The summed E-state index contributed by atoms with van der Waals surface area (Å²) in [6.07, 6.45) is 8.43. The van der Waals surface area contributed by atoms with Crippen LogP contribution in [0.2, 0.25) is 0 Å². The topological polar surface area (TPSA) is 9.23 Å². The van der Waals surface area contributed by atoms with Gasteiger partial charge in [-0.1, -0.05) is 37.1 Å². The summed E-state index contributed by atoms with van der Waals surface area (Å²) >= 11 is 0. The number of benzene rings is 1. The molecule has 1 aliphatic heterocycles. The van der Waals surface area contributed by atoms with Crippen molar-refractivity contribution in [2.75, 3.05) is 0 Å². The highest BCUT2D eigenvalue weighted by atomic mass is 16.5. The summed E-state index contributed by atoms with van der Waals surface area (Å²) in [6, 6.07) is 6.96. The van der Waals surface area contributed by atoms with Crippen LogP contribution in [0, 0.1) is 5.92 Å². The van der Waals surface area contributed by atoms with E-state index in [1.54, 1.807) is 0 Å². The highest BCUT2D eigenvalue weighted by molar-refractivity contribution is 5.44. The molecule has 21 heavy (non-hydrogen) atoms. The molecule has 0 radical (unpaired) electrons. The molecule has 0 saturated heterocycles. The Morgan fingerprint density at radius 3 is 2.86 bits per heavy atom. The molecule has 0 fully saturated rings. The standard InChI is InChI=1S/C20H28O/c1-5-6-7-15-9-10-16-17-12-14(2)8-11-18(17)20(3,4)21-19(16)13-15/h8-10,13,17-18H,5-7,11-12H2,1-4H3/t17-,18+/m0/s1. The zero-order chi connectivity index (χ0) is 15.0. The molecular formula is C20H28O. The molecule has 2 atom stereocenters. The monoisotopic (exact) mass is 284 g/mol. The van der Waals surface area contributed by atoms with Crippen molar-refractivity contribution in [2.45, 2.75) is 71.3 Å². The highest BCUT2D eigenvalue weighted by Crippen LogP contribution is 2.51. The molecule has 1 nitrogen and oxygen atoms in total. The second-order valence-corrected chi connectivity index (χ2v) is 7.38. The molecule has 0 unspecified atom stereocenters. The van der Waals surface area contributed by atoms with E-state index in [0.29, 0.717) is 11.8 Å². The number of ether oxygens (including phenoxy) is 1. The second kappa shape index (κ2) is 5.51. The predicted octanol–water partition coefficient (Wildman–Crippen LogP) is 5.64. The van der Waals surface area contributed by atoms with E-state index >= 15 is 0 Å². The lowest BCUT2D eigenvalue weighted by Crippen LogP contribution is -2.45. The average molecular weight is 284 g/mol. The molecule has 0 aromatic heterocycles. The summed E-state index contributed by atoms with van der Waals surface area (Å²) in [4.78, 5) is 0. The third-order valence-corrected chi connectivity index (χ3v) is 5.31. The average Bonchev–Trinajstić information content (AvgIpc) is 2.44. The zero-order valence-electron chi connectivity index (χ0n) is 13.9. The molecule has 1 aromatic carbocycles. The fourth-order valence-electron chi connectivity index (χ4n) is 4.03. The molecule has 1 aromatic rings. The number of allylic oxidation sites excluding steroid dienone is 2. The number of hydrogen-bond acceptors (Lipinski definition) is 1. The van der Waals surface area contributed by atoms with Gasteiger partial charge in [0.15, 0.2) is 0 Å². The number of aryl methyl sites for hydroxylation is 1. The lowest BCUT2D eigenvalue weighted by atomic mass is 9.67. The first-order chi connectivity index (χ1) is 10.0. The minimum absolute atomic E-state index is 0.0573. The Bertz CT molecular complexity index is 553. The Morgan fingerprint density at radius 2 is 2.10 bits per heavy atom. The number of hydrogen-bond donors (Lipinski definition) is 0. The van der Waals surface area contributed by atoms with Crippen molar-refractivity contribution < 1.29 is 4.74 Å². The van der Waals surface area contributed by atoms with E-state index in [1.807, 2.05) is 0 Å². The van der Waals surface area contributed by atoms with Crippen LogP contribution in [-0.4, -0.2) is 5.60 Å². The van der Waals surface area contributed by atoms with Gasteiger partial charge < -0.3 is 4.74 Å². The summed E-state index contributed by atoms with van der Waals surface area (Å²) < 4.78 is 6.42. The maximum Gasteiger partial charge on any atom is 0.123 e. The van der Waals surface area contributed by atoms with Crippen molar-refractivity contribution in [3.63, 3.8) is 0 Å². The van der Waals surface area contributed by atoms with Gasteiger partial charge in [-0.05, 0) is 69.6 Å². The fourth-order valence-corrected chi connectivity index (χ4v) is 4.03. The predicted molar refractivity (Wildman–Crippen MR) is 89.0 cm³/mol. The van der Waals surface area contributed by atoms with Crippen molar-refractivity contribution in [2.24, 2.45) is 5.92 Å². The third kappa shape index (κ3) is 2.75. The maximum absolute atomic E-state index is 6.42. The minimum Gasteiger partial charge on any atom is -0.487 e. The van der Waals surface area contributed by atoms with E-state index in [9.17, 15) is 0 Å². The molecule has 1 aliphatic carbocycles. The van der Waals surface area contributed by atoms with Crippen LogP contribution in [0.5, 0.6) is 5.75 Å². The largest absolute Gasteiger partial charge is 0.487 e. The van der Waals surface area contributed by atoms with E-state index in [0.717, 1.165) is 12.2 Å². The van der Waals surface area contributed by atoms with Crippen molar-refractivity contribution in [3.8, 4) is 5.75 Å². The Kier molecular flexibility index (Phi) is 3.86. The maximum atomic E-state index is 6.42. The molecule has 0 spiro atoms. The first kappa shape index (κ1) is 14.7. The Balaban J connectivity index is 1.96. The minimum atomic E-state index is -0.0573. The lowest BCUT2D eigenvalue weighted by molar-refractivity contribution is 0.00848. The van der Waals surface area contributed by atoms with Gasteiger partial charge in [-0.2, -0.15) is 0 Å². The van der Waals surface area contributed by atoms with Gasteiger partial charge in [0.1, 0.15) is 11.4 Å². The molecular weight excluding hydrogens is 256 g/mol. The van der Waals surface area contributed by atoms with Crippen LogP contribution in [0.15, 0.2) is 29.8 Å². The van der Waals surface area contributed by atoms with Crippen LogP contribution in [-0.2, 0) is 6.42 Å². The van der Waals surface area contributed by atoms with E-state index in [4.69, 9.17) is 4.74 Å². The zero-order valence-corrected chi connectivity index (χ0v) is 13.9. The van der Waals surface area contributed by atoms with E-state index < -0.39 is 0 Å². The molecule has 0 amide bonds. The summed E-state index contributed by atoms with van der Waals surface area (Å²) in [6.45, 7) is 9.05. The van der Waals surface area contributed by atoms with Crippen LogP contribution in [0.3, 0.4) is 0 Å². The van der Waals surface area contributed by atoms with Gasteiger partial charge in [0.2, 0.25) is 0 Å². The molecule has 2 aliphatic rings. The fraction of sp³-hybridized carbons (Fsp3) is 0.600. The first-order valence-electron chi connectivity index (χ1n) is 8.48. The van der Waals surface area contributed by atoms with Gasteiger partial charge in [0.25, 0.3) is 0 Å². The molecule has 1 heteroatoms. The smallest absolute Gasteiger partial charge is 0.123 e. The molecule has 1 heterocycles. The SMILES string of the molecule is CCCCc1ccc2c(c1)OC(C)(C)[C@@H]1CC=C(C)C[C@@H]21. The van der Waals surface area contributed by atoms with Crippen molar-refractivity contribution >= 4 is 0 Å². The normalized spacial score (nSPS) is 26.4. The van der Waals surface area contributed by atoms with Crippen LogP contribution in [0.4, 0.5) is 0 Å². The van der Waals surface area contributed by atoms with Crippen LogP contribution in [0.25, 0.3) is 0 Å². The molecule has 114 valence electrons. The van der Waals surface area contributed by atoms with Gasteiger partial charge in [-0.25, -0.2) is 0 Å². The summed E-state index contributed by atoms with van der Waals surface area (Å²) in [7, 11) is 0. The quantitative estimate of drug-likeness (QED) is 0.653. The van der Waals surface area contributed by atoms with E-state index in [2.05, 4.69) is 52.0 Å². The molecule has 3 rings (SSSR count). The summed E-state index contributed by atoms with van der Waals surface area (Å²) in [5.41, 5.74) is 4.34. The molecule has 0 saturated carbocycles. The summed E-state index contributed by atoms with van der Waals surface area (Å²) in [5, 5.41) is 0. The summed E-state index contributed by atoms with van der Waals surface area (Å²) in [5.74, 6) is 2.38. The van der Waals surface area contributed by atoms with Crippen LogP contribution >= 0.6 is 0 Å². The third-order valence-electron chi connectivity index (χ3n) is 5.31. The van der Waals surface area contributed by atoms with Crippen molar-refractivity contribution in [1.82, 2.24) is 0 Å². The number of unbranched alkanes of at least 4 members (excludes halogenated alkanes) is 1. The number of fused-ring (bicyclic) bond motifs is 3. The van der Waals surface area contributed by atoms with Gasteiger partial charge in [-0.3, -0.25) is 0 Å². The van der Waals surface area contributed by atoms with Crippen molar-refractivity contribution in [3.05, 3.63) is 41.0 Å². The Labute approximate surface area is 129 Å². The van der Waals surface area contributed by atoms with Gasteiger partial charge in [0.05, 0.1) is 0 Å². The van der Waals surface area contributed by atoms with E-state index in [1.165, 1.54) is 42.4 Å². The molecule has 0 N–H and O–H groups in total. The Morgan fingerprint density at radius 1 is 1.29 bits per heavy atom. The Hall–Kier alpha value is -1.24. The van der Waals surface area contributed by atoms with Gasteiger partial charge in [0, 0.05) is 5.92 Å². The highest BCUT2D eigenvalue weighted by Gasteiger charge is 2.44.